The lowest BCUT2D eigenvalue weighted by Gasteiger charge is -2.04. The van der Waals surface area contributed by atoms with E-state index in [1.165, 1.54) is 17.7 Å². The molecule has 0 saturated heterocycles. The zero-order valence-corrected chi connectivity index (χ0v) is 16.3. The van der Waals surface area contributed by atoms with Crippen molar-refractivity contribution in [1.29, 1.82) is 0 Å². The van der Waals surface area contributed by atoms with Crippen molar-refractivity contribution in [2.75, 3.05) is 19.5 Å². The minimum Gasteiger partial charge on any atom is -0.465 e. The summed E-state index contributed by atoms with van der Waals surface area (Å²) in [6.07, 6.45) is 3.29. The number of ether oxygens (including phenoxy) is 1. The smallest absolute Gasteiger partial charge is 0.341 e. The molecule has 3 aromatic heterocycles. The number of rotatable bonds is 5. The Kier molecular flexibility index (Phi) is 4.81. The van der Waals surface area contributed by atoms with Crippen LogP contribution in [0.25, 0.3) is 16.6 Å². The average Bonchev–Trinajstić information content (AvgIpc) is 3.31. The summed E-state index contributed by atoms with van der Waals surface area (Å²) in [5, 5.41) is 11.0. The number of fused-ring (bicyclic) bond motifs is 2. The van der Waals surface area contributed by atoms with Crippen LogP contribution < -0.4 is 10.6 Å². The molecule has 0 unspecified atom stereocenters. The second-order valence-corrected chi connectivity index (χ2v) is 6.56. The van der Waals surface area contributed by atoms with Gasteiger partial charge in [-0.25, -0.2) is 14.3 Å². The highest BCUT2D eigenvalue weighted by molar-refractivity contribution is 6.32. The molecule has 0 spiro atoms. The Morgan fingerprint density at radius 1 is 1.31 bits per heavy atom. The molecule has 4 aromatic rings. The van der Waals surface area contributed by atoms with Crippen molar-refractivity contribution in [3.05, 3.63) is 58.6 Å². The molecule has 10 heteroatoms. The van der Waals surface area contributed by atoms with E-state index in [1.807, 2.05) is 0 Å². The van der Waals surface area contributed by atoms with E-state index in [2.05, 4.69) is 20.7 Å². The van der Waals surface area contributed by atoms with Gasteiger partial charge in [-0.15, -0.1) is 5.10 Å². The highest BCUT2D eigenvalue weighted by atomic mass is 35.5. The van der Waals surface area contributed by atoms with Gasteiger partial charge in [-0.2, -0.15) is 0 Å². The molecule has 3 heterocycles. The Labute approximate surface area is 169 Å². The van der Waals surface area contributed by atoms with Crippen molar-refractivity contribution in [1.82, 2.24) is 19.9 Å². The second kappa shape index (κ2) is 7.44. The average molecular weight is 414 g/mol. The number of hydrogen-bond acceptors (Lipinski definition) is 7. The van der Waals surface area contributed by atoms with Crippen LogP contribution in [-0.2, 0) is 11.3 Å². The van der Waals surface area contributed by atoms with Gasteiger partial charge >= 0.3 is 5.97 Å². The first-order valence-electron chi connectivity index (χ1n) is 8.61. The van der Waals surface area contributed by atoms with Gasteiger partial charge in [0.15, 0.2) is 11.5 Å². The molecule has 1 amide bonds. The van der Waals surface area contributed by atoms with Crippen LogP contribution in [0.3, 0.4) is 0 Å². The topological polar surface area (TPSA) is 111 Å². The molecule has 0 fully saturated rings. The fourth-order valence-corrected chi connectivity index (χ4v) is 3.27. The van der Waals surface area contributed by atoms with Crippen LogP contribution >= 0.6 is 11.6 Å². The number of methoxy groups -OCH3 is 1. The van der Waals surface area contributed by atoms with Gasteiger partial charge in [0.05, 0.1) is 13.7 Å². The first kappa shape index (κ1) is 18.8. The molecular weight excluding hydrogens is 398 g/mol. The van der Waals surface area contributed by atoms with Crippen LogP contribution in [0.15, 0.2) is 41.1 Å². The number of anilines is 1. The predicted molar refractivity (Wildman–Crippen MR) is 106 cm³/mol. The standard InChI is InChI=1S/C19H16ClN5O4/c1-21-16-14(17-22-4-3-5-25(17)24-16)18(26)23-9-12-7-10-6-11(20)8-13(15(10)29-12)19(27)28-2/h3-8H,9H2,1-2H3,(H,21,24)(H,23,26). The molecule has 0 aliphatic carbocycles. The summed E-state index contributed by atoms with van der Waals surface area (Å²) < 4.78 is 12.1. The normalized spacial score (nSPS) is 11.0. The van der Waals surface area contributed by atoms with E-state index in [4.69, 9.17) is 20.8 Å². The van der Waals surface area contributed by atoms with Gasteiger partial charge in [0.25, 0.3) is 5.91 Å². The number of benzene rings is 1. The summed E-state index contributed by atoms with van der Waals surface area (Å²) in [6.45, 7) is 0.0963. The first-order chi connectivity index (χ1) is 14.0. The number of hydrogen-bond donors (Lipinski definition) is 2. The number of esters is 1. The van der Waals surface area contributed by atoms with Crippen molar-refractivity contribution in [2.24, 2.45) is 0 Å². The number of furan rings is 1. The Balaban J connectivity index is 1.62. The molecule has 29 heavy (non-hydrogen) atoms. The number of amides is 1. The SMILES string of the molecule is CNc1nn2cccnc2c1C(=O)NCc1cc2cc(Cl)cc(C(=O)OC)c2o1. The van der Waals surface area contributed by atoms with Crippen LogP contribution in [0.4, 0.5) is 5.82 Å². The summed E-state index contributed by atoms with van der Waals surface area (Å²) in [5.41, 5.74) is 1.32. The molecule has 0 radical (unpaired) electrons. The zero-order chi connectivity index (χ0) is 20.5. The number of nitrogens with zero attached hydrogens (tertiary/aromatic N) is 3. The molecule has 148 valence electrons. The summed E-state index contributed by atoms with van der Waals surface area (Å²) >= 11 is 6.08. The van der Waals surface area contributed by atoms with Crippen LogP contribution in [0.1, 0.15) is 26.5 Å². The lowest BCUT2D eigenvalue weighted by Crippen LogP contribution is -2.23. The number of carbonyl (C=O) groups is 2. The highest BCUT2D eigenvalue weighted by Gasteiger charge is 2.21. The van der Waals surface area contributed by atoms with Gasteiger partial charge < -0.3 is 19.8 Å². The molecule has 0 saturated carbocycles. The number of carbonyl (C=O) groups excluding carboxylic acids is 2. The largest absolute Gasteiger partial charge is 0.465 e. The summed E-state index contributed by atoms with van der Waals surface area (Å²) in [6, 6.07) is 6.58. The highest BCUT2D eigenvalue weighted by Crippen LogP contribution is 2.28. The van der Waals surface area contributed by atoms with Crippen LogP contribution in [0.5, 0.6) is 0 Å². The van der Waals surface area contributed by atoms with Gasteiger partial charge in [0.1, 0.15) is 22.5 Å². The van der Waals surface area contributed by atoms with Crippen molar-refractivity contribution in [3.63, 3.8) is 0 Å². The molecule has 0 atom stereocenters. The Hall–Kier alpha value is -3.59. The van der Waals surface area contributed by atoms with E-state index >= 15 is 0 Å². The summed E-state index contributed by atoms with van der Waals surface area (Å²) in [4.78, 5) is 29.0. The van der Waals surface area contributed by atoms with E-state index in [-0.39, 0.29) is 18.0 Å². The van der Waals surface area contributed by atoms with E-state index in [0.717, 1.165) is 0 Å². The van der Waals surface area contributed by atoms with Crippen molar-refractivity contribution in [2.45, 2.75) is 6.54 Å². The molecule has 0 aliphatic heterocycles. The maximum absolute atomic E-state index is 12.8. The number of halogens is 1. The number of nitrogens with one attached hydrogen (secondary N) is 2. The Bertz CT molecular complexity index is 1250. The van der Waals surface area contributed by atoms with E-state index in [9.17, 15) is 9.59 Å². The maximum Gasteiger partial charge on any atom is 0.341 e. The fraction of sp³-hybridized carbons (Fsp3) is 0.158. The number of aromatic nitrogens is 3. The first-order valence-corrected chi connectivity index (χ1v) is 8.99. The minimum atomic E-state index is -0.557. The molecule has 0 aliphatic rings. The van der Waals surface area contributed by atoms with Gasteiger partial charge in [0, 0.05) is 29.9 Å². The van der Waals surface area contributed by atoms with Gasteiger partial charge in [-0.3, -0.25) is 4.79 Å². The molecule has 1 aromatic carbocycles. The fourth-order valence-electron chi connectivity index (χ4n) is 3.05. The van der Waals surface area contributed by atoms with Gasteiger partial charge in [-0.05, 0) is 24.3 Å². The predicted octanol–water partition coefficient (Wildman–Crippen LogP) is 2.89. The van der Waals surface area contributed by atoms with Crippen LogP contribution in [-0.4, -0.2) is 40.6 Å². The van der Waals surface area contributed by atoms with E-state index in [0.29, 0.717) is 38.8 Å². The monoisotopic (exact) mass is 413 g/mol. The Morgan fingerprint density at radius 3 is 2.90 bits per heavy atom. The maximum atomic E-state index is 12.8. The lowest BCUT2D eigenvalue weighted by molar-refractivity contribution is 0.0601. The third-order valence-corrected chi connectivity index (χ3v) is 4.54. The van der Waals surface area contributed by atoms with Crippen LogP contribution in [0, 0.1) is 0 Å². The molecule has 0 bridgehead atoms. The molecular formula is C19H16ClN5O4. The van der Waals surface area contributed by atoms with Crippen molar-refractivity contribution in [3.8, 4) is 0 Å². The second-order valence-electron chi connectivity index (χ2n) is 6.12. The quantitative estimate of drug-likeness (QED) is 0.484. The van der Waals surface area contributed by atoms with Gasteiger partial charge in [0.2, 0.25) is 0 Å². The zero-order valence-electron chi connectivity index (χ0n) is 15.5. The summed E-state index contributed by atoms with van der Waals surface area (Å²) in [7, 11) is 2.96. The molecule has 2 N–H and O–H groups in total. The third-order valence-electron chi connectivity index (χ3n) is 4.32. The van der Waals surface area contributed by atoms with Crippen molar-refractivity contribution < 1.29 is 18.7 Å². The van der Waals surface area contributed by atoms with Crippen molar-refractivity contribution >= 4 is 45.9 Å². The van der Waals surface area contributed by atoms with Crippen LogP contribution in [0.2, 0.25) is 5.02 Å². The van der Waals surface area contributed by atoms with Gasteiger partial charge in [-0.1, -0.05) is 11.6 Å². The summed E-state index contributed by atoms with van der Waals surface area (Å²) in [5.74, 6) is -0.0602. The molecule has 4 rings (SSSR count). The minimum absolute atomic E-state index is 0.0963. The van der Waals surface area contributed by atoms with E-state index in [1.54, 1.807) is 37.6 Å². The Morgan fingerprint density at radius 2 is 2.14 bits per heavy atom. The van der Waals surface area contributed by atoms with E-state index < -0.39 is 5.97 Å². The molecule has 9 nitrogen and oxygen atoms in total. The third kappa shape index (κ3) is 3.36. The lowest BCUT2D eigenvalue weighted by atomic mass is 10.1.